The third kappa shape index (κ3) is 4.44. The summed E-state index contributed by atoms with van der Waals surface area (Å²) in [6, 6.07) is 9.71. The standard InChI is InChI=1S/C23H29N3O2S/c1-3-11-26(13-18(27)16-7-5-4-6-8-16)14-20-24-22(28)21-17-10-9-15(2)12-19(17)29-23(21)25-20/h4-8,15,18,27H,3,9-14H2,1-2H3,(H,24,25,28). The molecule has 0 saturated carbocycles. The van der Waals surface area contributed by atoms with Crippen LogP contribution in [0.1, 0.15) is 54.6 Å². The number of benzene rings is 1. The van der Waals surface area contributed by atoms with Gasteiger partial charge < -0.3 is 10.1 Å². The molecule has 0 radical (unpaired) electrons. The first-order valence-electron chi connectivity index (χ1n) is 10.5. The first-order chi connectivity index (χ1) is 14.0. The van der Waals surface area contributed by atoms with Crippen LogP contribution in [-0.2, 0) is 19.4 Å². The highest BCUT2D eigenvalue weighted by molar-refractivity contribution is 7.18. The van der Waals surface area contributed by atoms with E-state index in [9.17, 15) is 9.90 Å². The molecule has 3 aromatic rings. The number of hydrogen-bond donors (Lipinski definition) is 2. The number of aliphatic hydroxyl groups excluding tert-OH is 1. The molecule has 2 atom stereocenters. The summed E-state index contributed by atoms with van der Waals surface area (Å²) < 4.78 is 0. The summed E-state index contributed by atoms with van der Waals surface area (Å²) in [6.07, 6.45) is 3.58. The van der Waals surface area contributed by atoms with Crippen LogP contribution < -0.4 is 5.56 Å². The second-order valence-electron chi connectivity index (χ2n) is 8.21. The van der Waals surface area contributed by atoms with Crippen LogP contribution in [0, 0.1) is 5.92 Å². The van der Waals surface area contributed by atoms with Gasteiger partial charge in [0.15, 0.2) is 0 Å². The van der Waals surface area contributed by atoms with E-state index in [2.05, 4.69) is 23.7 Å². The molecule has 1 aliphatic carbocycles. The third-order valence-corrected chi connectivity index (χ3v) is 6.89. The zero-order valence-electron chi connectivity index (χ0n) is 17.1. The van der Waals surface area contributed by atoms with Gasteiger partial charge >= 0.3 is 0 Å². The Morgan fingerprint density at radius 2 is 2.14 bits per heavy atom. The molecule has 4 rings (SSSR count). The molecule has 1 aromatic carbocycles. The lowest BCUT2D eigenvalue weighted by Gasteiger charge is -2.24. The van der Waals surface area contributed by atoms with Crippen molar-refractivity contribution in [2.45, 2.75) is 52.2 Å². The molecule has 6 heteroatoms. The molecule has 29 heavy (non-hydrogen) atoms. The summed E-state index contributed by atoms with van der Waals surface area (Å²) >= 11 is 1.68. The van der Waals surface area contributed by atoms with E-state index < -0.39 is 6.10 Å². The number of nitrogens with zero attached hydrogens (tertiary/aromatic N) is 2. The summed E-state index contributed by atoms with van der Waals surface area (Å²) in [6.45, 7) is 6.27. The maximum Gasteiger partial charge on any atom is 0.259 e. The molecule has 0 bridgehead atoms. The highest BCUT2D eigenvalue weighted by atomic mass is 32.1. The summed E-state index contributed by atoms with van der Waals surface area (Å²) in [4.78, 5) is 25.0. The summed E-state index contributed by atoms with van der Waals surface area (Å²) in [5.41, 5.74) is 2.11. The second-order valence-corrected chi connectivity index (χ2v) is 9.29. The molecule has 0 saturated heterocycles. The fourth-order valence-corrected chi connectivity index (χ4v) is 5.66. The Morgan fingerprint density at radius 1 is 1.34 bits per heavy atom. The summed E-state index contributed by atoms with van der Waals surface area (Å²) in [5.74, 6) is 1.36. The van der Waals surface area contributed by atoms with Crippen LogP contribution in [0.4, 0.5) is 0 Å². The number of nitrogens with one attached hydrogen (secondary N) is 1. The van der Waals surface area contributed by atoms with Gasteiger partial charge in [0.2, 0.25) is 0 Å². The van der Waals surface area contributed by atoms with Gasteiger partial charge in [-0.05, 0) is 49.3 Å². The van der Waals surface area contributed by atoms with Crippen molar-refractivity contribution in [1.29, 1.82) is 0 Å². The van der Waals surface area contributed by atoms with Crippen molar-refractivity contribution < 1.29 is 5.11 Å². The van der Waals surface area contributed by atoms with Crippen LogP contribution in [0.25, 0.3) is 10.2 Å². The highest BCUT2D eigenvalue weighted by Gasteiger charge is 2.23. The van der Waals surface area contributed by atoms with Crippen molar-refractivity contribution in [3.05, 3.63) is 62.5 Å². The van der Waals surface area contributed by atoms with Gasteiger partial charge in [0.25, 0.3) is 5.56 Å². The fraction of sp³-hybridized carbons (Fsp3) is 0.478. The Balaban J connectivity index is 1.57. The number of H-pyrrole nitrogens is 1. The number of aromatic amines is 1. The Hall–Kier alpha value is -2.02. The van der Waals surface area contributed by atoms with Crippen LogP contribution in [0.5, 0.6) is 0 Å². The number of rotatable bonds is 7. The summed E-state index contributed by atoms with van der Waals surface area (Å²) in [5, 5.41) is 11.4. The van der Waals surface area contributed by atoms with Crippen molar-refractivity contribution in [1.82, 2.24) is 14.9 Å². The molecular weight excluding hydrogens is 382 g/mol. The molecule has 5 nitrogen and oxygen atoms in total. The average Bonchev–Trinajstić information content (AvgIpc) is 3.06. The predicted octanol–water partition coefficient (Wildman–Crippen LogP) is 4.06. The first kappa shape index (κ1) is 20.3. The van der Waals surface area contributed by atoms with Gasteiger partial charge in [-0.15, -0.1) is 11.3 Å². The number of thiophene rings is 1. The molecule has 154 valence electrons. The SMILES string of the molecule is CCCN(Cc1nc2sc3c(c2c(=O)[nH]1)CCC(C)C3)CC(O)c1ccccc1. The normalized spacial score (nSPS) is 17.6. The molecule has 2 N–H and O–H groups in total. The van der Waals surface area contributed by atoms with Crippen LogP contribution in [-0.4, -0.2) is 33.1 Å². The van der Waals surface area contributed by atoms with Gasteiger partial charge in [-0.2, -0.15) is 0 Å². The molecule has 2 aromatic heterocycles. The van der Waals surface area contributed by atoms with E-state index in [0.717, 1.165) is 48.0 Å². The van der Waals surface area contributed by atoms with Crippen molar-refractivity contribution in [3.8, 4) is 0 Å². The number of fused-ring (bicyclic) bond motifs is 3. The van der Waals surface area contributed by atoms with Gasteiger partial charge in [0.1, 0.15) is 10.7 Å². The van der Waals surface area contributed by atoms with E-state index in [1.807, 2.05) is 30.3 Å². The van der Waals surface area contributed by atoms with Crippen LogP contribution in [0.2, 0.25) is 0 Å². The second kappa shape index (κ2) is 8.78. The van der Waals surface area contributed by atoms with E-state index in [4.69, 9.17) is 4.98 Å². The quantitative estimate of drug-likeness (QED) is 0.615. The maximum atomic E-state index is 12.8. The molecular formula is C23H29N3O2S. The zero-order valence-corrected chi connectivity index (χ0v) is 18.0. The van der Waals surface area contributed by atoms with Crippen molar-refractivity contribution in [2.75, 3.05) is 13.1 Å². The van der Waals surface area contributed by atoms with Gasteiger partial charge in [0.05, 0.1) is 18.0 Å². The van der Waals surface area contributed by atoms with E-state index in [0.29, 0.717) is 24.8 Å². The largest absolute Gasteiger partial charge is 0.387 e. The average molecular weight is 412 g/mol. The van der Waals surface area contributed by atoms with Gasteiger partial charge in [-0.1, -0.05) is 44.2 Å². The molecule has 2 heterocycles. The molecule has 0 aliphatic heterocycles. The first-order valence-corrected chi connectivity index (χ1v) is 11.4. The van der Waals surface area contributed by atoms with Crippen LogP contribution in [0.3, 0.4) is 0 Å². The van der Waals surface area contributed by atoms with Crippen LogP contribution >= 0.6 is 11.3 Å². The van der Waals surface area contributed by atoms with Gasteiger partial charge in [0, 0.05) is 11.4 Å². The van der Waals surface area contributed by atoms with Gasteiger partial charge in [-0.3, -0.25) is 9.69 Å². The fourth-order valence-electron chi connectivity index (χ4n) is 4.26. The molecule has 0 spiro atoms. The lowest BCUT2D eigenvalue weighted by Crippen LogP contribution is -2.30. The Bertz CT molecular complexity index is 1030. The molecule has 0 amide bonds. The van der Waals surface area contributed by atoms with Crippen molar-refractivity contribution in [2.24, 2.45) is 5.92 Å². The minimum atomic E-state index is -0.561. The number of aryl methyl sites for hydroxylation is 1. The number of aromatic nitrogens is 2. The third-order valence-electron chi connectivity index (χ3n) is 5.74. The molecule has 1 aliphatic rings. The van der Waals surface area contributed by atoms with E-state index in [1.165, 1.54) is 10.4 Å². The minimum Gasteiger partial charge on any atom is -0.387 e. The van der Waals surface area contributed by atoms with Crippen molar-refractivity contribution >= 4 is 21.6 Å². The summed E-state index contributed by atoms with van der Waals surface area (Å²) in [7, 11) is 0. The smallest absolute Gasteiger partial charge is 0.259 e. The van der Waals surface area contributed by atoms with Gasteiger partial charge in [-0.25, -0.2) is 4.98 Å². The van der Waals surface area contributed by atoms with Crippen molar-refractivity contribution in [3.63, 3.8) is 0 Å². The Kier molecular flexibility index (Phi) is 6.13. The van der Waals surface area contributed by atoms with E-state index >= 15 is 0 Å². The molecule has 0 fully saturated rings. The minimum absolute atomic E-state index is 0.0166. The highest BCUT2D eigenvalue weighted by Crippen LogP contribution is 2.35. The predicted molar refractivity (Wildman–Crippen MR) is 118 cm³/mol. The van der Waals surface area contributed by atoms with E-state index in [-0.39, 0.29) is 5.56 Å². The lowest BCUT2D eigenvalue weighted by atomic mass is 9.89. The Morgan fingerprint density at radius 3 is 2.90 bits per heavy atom. The topological polar surface area (TPSA) is 69.2 Å². The van der Waals surface area contributed by atoms with E-state index in [1.54, 1.807) is 11.3 Å². The van der Waals surface area contributed by atoms with Crippen LogP contribution in [0.15, 0.2) is 35.1 Å². The number of hydrogen-bond acceptors (Lipinski definition) is 5. The lowest BCUT2D eigenvalue weighted by molar-refractivity contribution is 0.107. The Labute approximate surface area is 175 Å². The monoisotopic (exact) mass is 411 g/mol. The number of aliphatic hydroxyl groups is 1. The molecule has 2 unspecified atom stereocenters. The zero-order chi connectivity index (χ0) is 20.4. The maximum absolute atomic E-state index is 12.8.